The van der Waals surface area contributed by atoms with Gasteiger partial charge >= 0.3 is 0 Å². The predicted molar refractivity (Wildman–Crippen MR) is 71.2 cm³/mol. The lowest BCUT2D eigenvalue weighted by atomic mass is 9.78. The average molecular weight is 275 g/mol. The Morgan fingerprint density at radius 1 is 1.53 bits per heavy atom. The Kier molecular flexibility index (Phi) is 4.01. The van der Waals surface area contributed by atoms with Gasteiger partial charge in [0.25, 0.3) is 0 Å². The number of hydrogen-bond acceptors (Lipinski definition) is 2. The molecule has 0 bridgehead atoms. The van der Waals surface area contributed by atoms with Crippen molar-refractivity contribution >= 4 is 23.4 Å². The first kappa shape index (κ1) is 13.2. The van der Waals surface area contributed by atoms with Crippen LogP contribution in [0.25, 0.3) is 0 Å². The molecule has 1 aromatic carbocycles. The number of rotatable bonds is 4. The van der Waals surface area contributed by atoms with E-state index < -0.39 is 6.10 Å². The van der Waals surface area contributed by atoms with Crippen molar-refractivity contribution in [3.63, 3.8) is 0 Å². The summed E-state index contributed by atoms with van der Waals surface area (Å²) in [5.74, 6) is -0.327. The summed E-state index contributed by atoms with van der Waals surface area (Å²) in [7, 11) is 0. The molecule has 0 spiro atoms. The van der Waals surface area contributed by atoms with E-state index in [-0.39, 0.29) is 10.6 Å². The zero-order valence-electron chi connectivity index (χ0n) is 9.75. The second-order valence-corrected chi connectivity index (χ2v) is 6.24. The molecule has 1 atom stereocenters. The third-order valence-corrected chi connectivity index (χ3v) is 5.37. The molecule has 1 aliphatic rings. The fourth-order valence-electron chi connectivity index (χ4n) is 2.28. The molecule has 0 amide bonds. The number of aliphatic hydroxyl groups excluding tert-OH is 1. The van der Waals surface area contributed by atoms with Crippen LogP contribution in [-0.4, -0.2) is 22.2 Å². The Bertz CT molecular complexity index is 401. The number of halogens is 2. The van der Waals surface area contributed by atoms with Crippen molar-refractivity contribution in [1.29, 1.82) is 0 Å². The van der Waals surface area contributed by atoms with Crippen molar-refractivity contribution in [3.05, 3.63) is 34.6 Å². The lowest BCUT2D eigenvalue weighted by Gasteiger charge is -2.44. The molecule has 0 saturated heterocycles. The van der Waals surface area contributed by atoms with E-state index >= 15 is 0 Å². The lowest BCUT2D eigenvalue weighted by molar-refractivity contribution is 0.0870. The molecule has 0 radical (unpaired) electrons. The molecule has 1 saturated carbocycles. The van der Waals surface area contributed by atoms with Crippen LogP contribution >= 0.6 is 23.4 Å². The monoisotopic (exact) mass is 274 g/mol. The van der Waals surface area contributed by atoms with Gasteiger partial charge in [0, 0.05) is 16.2 Å². The van der Waals surface area contributed by atoms with E-state index in [4.69, 9.17) is 11.6 Å². The van der Waals surface area contributed by atoms with E-state index in [1.165, 1.54) is 6.07 Å². The van der Waals surface area contributed by atoms with Crippen molar-refractivity contribution in [2.75, 3.05) is 6.26 Å². The third kappa shape index (κ3) is 2.61. The molecule has 1 aliphatic carbocycles. The first-order valence-corrected chi connectivity index (χ1v) is 7.35. The van der Waals surface area contributed by atoms with Crippen LogP contribution in [0.5, 0.6) is 0 Å². The maximum atomic E-state index is 13.6. The highest BCUT2D eigenvalue weighted by atomic mass is 35.5. The molecule has 1 unspecified atom stereocenters. The zero-order chi connectivity index (χ0) is 12.5. The van der Waals surface area contributed by atoms with E-state index in [1.54, 1.807) is 23.9 Å². The number of benzene rings is 1. The van der Waals surface area contributed by atoms with Crippen molar-refractivity contribution in [3.8, 4) is 0 Å². The SMILES string of the molecule is CSC1(C(O)Cc2ccc(Cl)cc2F)CCC1. The molecule has 2 rings (SSSR count). The third-order valence-electron chi connectivity index (χ3n) is 3.64. The van der Waals surface area contributed by atoms with E-state index in [9.17, 15) is 9.50 Å². The minimum absolute atomic E-state index is 0.0634. The summed E-state index contributed by atoms with van der Waals surface area (Å²) in [6, 6.07) is 4.63. The van der Waals surface area contributed by atoms with Crippen molar-refractivity contribution in [2.24, 2.45) is 0 Å². The summed E-state index contributed by atoms with van der Waals surface area (Å²) in [4.78, 5) is 0. The molecule has 1 aromatic rings. The van der Waals surface area contributed by atoms with Crippen LogP contribution in [0, 0.1) is 5.82 Å². The predicted octanol–water partition coefficient (Wildman–Crippen LogP) is 3.67. The Morgan fingerprint density at radius 2 is 2.24 bits per heavy atom. The normalized spacial score (nSPS) is 19.8. The molecule has 17 heavy (non-hydrogen) atoms. The van der Waals surface area contributed by atoms with Crippen molar-refractivity contribution < 1.29 is 9.50 Å². The van der Waals surface area contributed by atoms with Gasteiger partial charge in [0.05, 0.1) is 6.10 Å². The maximum absolute atomic E-state index is 13.6. The molecule has 4 heteroatoms. The van der Waals surface area contributed by atoms with Crippen molar-refractivity contribution in [2.45, 2.75) is 36.5 Å². The van der Waals surface area contributed by atoms with Crippen LogP contribution in [-0.2, 0) is 6.42 Å². The Hall–Kier alpha value is -0.250. The smallest absolute Gasteiger partial charge is 0.127 e. The molecule has 0 aromatic heterocycles. The Labute approximate surface area is 110 Å². The van der Waals surface area contributed by atoms with Gasteiger partial charge in [0.1, 0.15) is 5.82 Å². The van der Waals surface area contributed by atoms with Gasteiger partial charge in [-0.1, -0.05) is 24.1 Å². The second-order valence-electron chi connectivity index (χ2n) is 4.58. The molecule has 94 valence electrons. The van der Waals surface area contributed by atoms with Crippen LogP contribution in [0.1, 0.15) is 24.8 Å². The molecule has 0 heterocycles. The molecule has 1 fully saturated rings. The van der Waals surface area contributed by atoms with Gasteiger partial charge in [-0.25, -0.2) is 4.39 Å². The number of aliphatic hydroxyl groups is 1. The second kappa shape index (κ2) is 5.17. The number of hydrogen-bond donors (Lipinski definition) is 1. The van der Waals surface area contributed by atoms with E-state index in [0.717, 1.165) is 19.3 Å². The largest absolute Gasteiger partial charge is 0.391 e. The molecular formula is C13H16ClFOS. The quantitative estimate of drug-likeness (QED) is 0.904. The minimum atomic E-state index is -0.484. The fourth-order valence-corrected chi connectivity index (χ4v) is 3.49. The van der Waals surface area contributed by atoms with E-state index in [0.29, 0.717) is 17.0 Å². The molecule has 1 nitrogen and oxygen atoms in total. The zero-order valence-corrected chi connectivity index (χ0v) is 11.3. The minimum Gasteiger partial charge on any atom is -0.391 e. The first-order valence-electron chi connectivity index (χ1n) is 5.74. The summed E-state index contributed by atoms with van der Waals surface area (Å²) in [5, 5.41) is 10.6. The summed E-state index contributed by atoms with van der Waals surface area (Å²) in [5.41, 5.74) is 0.544. The first-order chi connectivity index (χ1) is 8.07. The van der Waals surface area contributed by atoms with Gasteiger partial charge in [-0.15, -0.1) is 0 Å². The van der Waals surface area contributed by atoms with Gasteiger partial charge in [-0.2, -0.15) is 11.8 Å². The Balaban J connectivity index is 2.10. The van der Waals surface area contributed by atoms with Gasteiger partial charge in [-0.3, -0.25) is 0 Å². The fraction of sp³-hybridized carbons (Fsp3) is 0.538. The summed E-state index contributed by atoms with van der Waals surface area (Å²) < 4.78 is 13.6. The maximum Gasteiger partial charge on any atom is 0.127 e. The number of thioether (sulfide) groups is 1. The highest BCUT2D eigenvalue weighted by molar-refractivity contribution is 8.00. The van der Waals surface area contributed by atoms with Crippen LogP contribution in [0.2, 0.25) is 5.02 Å². The lowest BCUT2D eigenvalue weighted by Crippen LogP contribution is -2.46. The molecule has 0 aliphatic heterocycles. The topological polar surface area (TPSA) is 20.2 Å². The van der Waals surface area contributed by atoms with Gasteiger partial charge in [0.2, 0.25) is 0 Å². The van der Waals surface area contributed by atoms with Crippen LogP contribution in [0.4, 0.5) is 4.39 Å². The van der Waals surface area contributed by atoms with Crippen molar-refractivity contribution in [1.82, 2.24) is 0 Å². The van der Waals surface area contributed by atoms with Crippen LogP contribution in [0.15, 0.2) is 18.2 Å². The van der Waals surface area contributed by atoms with Gasteiger partial charge in [-0.05, 0) is 36.8 Å². The van der Waals surface area contributed by atoms with E-state index in [2.05, 4.69) is 0 Å². The van der Waals surface area contributed by atoms with E-state index in [1.807, 2.05) is 6.26 Å². The Morgan fingerprint density at radius 3 is 2.71 bits per heavy atom. The molecule has 1 N–H and O–H groups in total. The van der Waals surface area contributed by atoms with Gasteiger partial charge < -0.3 is 5.11 Å². The highest BCUT2D eigenvalue weighted by Crippen LogP contribution is 2.46. The molecular weight excluding hydrogens is 259 g/mol. The van der Waals surface area contributed by atoms with Crippen LogP contribution < -0.4 is 0 Å². The summed E-state index contributed by atoms with van der Waals surface area (Å²) in [6.07, 6.45) is 5.09. The van der Waals surface area contributed by atoms with Gasteiger partial charge in [0.15, 0.2) is 0 Å². The highest BCUT2D eigenvalue weighted by Gasteiger charge is 2.42. The summed E-state index contributed by atoms with van der Waals surface area (Å²) >= 11 is 7.40. The van der Waals surface area contributed by atoms with Crippen LogP contribution in [0.3, 0.4) is 0 Å². The summed E-state index contributed by atoms with van der Waals surface area (Å²) in [6.45, 7) is 0. The standard InChI is InChI=1S/C13H16ClFOS/c1-17-13(5-2-6-13)12(16)7-9-3-4-10(14)8-11(9)15/h3-4,8,12,16H,2,5-7H2,1H3. The average Bonchev–Trinajstić information content (AvgIpc) is 2.21.